The smallest absolute Gasteiger partial charge is 0.318 e. The molecule has 0 N–H and O–H groups in total. The lowest BCUT2D eigenvalue weighted by atomic mass is 9.88. The molecule has 28 heavy (non-hydrogen) atoms. The van der Waals surface area contributed by atoms with Gasteiger partial charge >= 0.3 is 5.97 Å². The Morgan fingerprint density at radius 2 is 1.39 bits per heavy atom. The van der Waals surface area contributed by atoms with E-state index in [0.717, 1.165) is 16.9 Å². The van der Waals surface area contributed by atoms with Crippen LogP contribution in [-0.2, 0) is 9.53 Å². The van der Waals surface area contributed by atoms with Crippen LogP contribution in [0.2, 0.25) is 0 Å². The highest BCUT2D eigenvalue weighted by molar-refractivity contribution is 5.85. The molecular formula is C23H20O5. The van der Waals surface area contributed by atoms with Crippen molar-refractivity contribution in [3.05, 3.63) is 83.9 Å². The summed E-state index contributed by atoms with van der Waals surface area (Å²) in [6, 6.07) is 22.3. The fourth-order valence-corrected chi connectivity index (χ4v) is 3.22. The Balaban J connectivity index is 1.42. The summed E-state index contributed by atoms with van der Waals surface area (Å²) in [6.07, 6.45) is 0. The van der Waals surface area contributed by atoms with Gasteiger partial charge in [-0.25, -0.2) is 0 Å². The van der Waals surface area contributed by atoms with Crippen molar-refractivity contribution in [2.24, 2.45) is 0 Å². The zero-order valence-corrected chi connectivity index (χ0v) is 15.5. The van der Waals surface area contributed by atoms with Gasteiger partial charge < -0.3 is 18.9 Å². The normalized spacial score (nSPS) is 12.3. The maximum Gasteiger partial charge on any atom is 0.318 e. The first-order valence-electron chi connectivity index (χ1n) is 9.05. The topological polar surface area (TPSA) is 54.0 Å². The van der Waals surface area contributed by atoms with Crippen LogP contribution in [0.1, 0.15) is 17.0 Å². The predicted octanol–water partition coefficient (Wildman–Crippen LogP) is 4.56. The van der Waals surface area contributed by atoms with Gasteiger partial charge in [-0.1, -0.05) is 36.4 Å². The fourth-order valence-electron chi connectivity index (χ4n) is 3.22. The highest BCUT2D eigenvalue weighted by atomic mass is 16.6. The molecule has 0 unspecified atom stereocenters. The van der Waals surface area contributed by atoms with E-state index in [4.69, 9.17) is 18.9 Å². The molecule has 0 bridgehead atoms. The Hall–Kier alpha value is -3.47. The van der Waals surface area contributed by atoms with Gasteiger partial charge in [-0.3, -0.25) is 4.79 Å². The number of ether oxygens (including phenoxy) is 4. The van der Waals surface area contributed by atoms with Gasteiger partial charge in [0.25, 0.3) is 0 Å². The van der Waals surface area contributed by atoms with Crippen molar-refractivity contribution in [3.8, 4) is 23.0 Å². The first-order chi connectivity index (χ1) is 13.8. The second kappa shape index (κ2) is 8.05. The number of carbonyl (C=O) groups excluding carboxylic acids is 1. The molecule has 1 aliphatic rings. The number of hydrogen-bond donors (Lipinski definition) is 0. The van der Waals surface area contributed by atoms with E-state index in [-0.39, 0.29) is 19.2 Å². The molecule has 0 saturated heterocycles. The van der Waals surface area contributed by atoms with Gasteiger partial charge in [0.2, 0.25) is 0 Å². The Morgan fingerprint density at radius 3 is 2.00 bits per heavy atom. The van der Waals surface area contributed by atoms with Crippen LogP contribution in [0.15, 0.2) is 72.8 Å². The number of para-hydroxylation sites is 2. The lowest BCUT2D eigenvalue weighted by molar-refractivity contribution is -0.145. The third-order valence-electron chi connectivity index (χ3n) is 4.57. The van der Waals surface area contributed by atoms with E-state index in [9.17, 15) is 4.79 Å². The van der Waals surface area contributed by atoms with E-state index >= 15 is 0 Å². The molecule has 5 nitrogen and oxygen atoms in total. The molecule has 0 fully saturated rings. The van der Waals surface area contributed by atoms with Crippen LogP contribution in [0.25, 0.3) is 0 Å². The molecule has 0 spiro atoms. The van der Waals surface area contributed by atoms with Crippen LogP contribution in [-0.4, -0.2) is 26.3 Å². The van der Waals surface area contributed by atoms with Crippen molar-refractivity contribution in [1.29, 1.82) is 0 Å². The van der Waals surface area contributed by atoms with Crippen LogP contribution in [0.5, 0.6) is 23.0 Å². The average Bonchev–Trinajstić information content (AvgIpc) is 2.75. The molecule has 3 aromatic rings. The van der Waals surface area contributed by atoms with Crippen LogP contribution in [0.3, 0.4) is 0 Å². The van der Waals surface area contributed by atoms with Crippen molar-refractivity contribution < 1.29 is 23.7 Å². The Morgan fingerprint density at radius 1 is 0.821 bits per heavy atom. The second-order valence-corrected chi connectivity index (χ2v) is 6.30. The lowest BCUT2D eigenvalue weighted by Crippen LogP contribution is -2.23. The highest BCUT2D eigenvalue weighted by Gasteiger charge is 2.33. The lowest BCUT2D eigenvalue weighted by Gasteiger charge is -2.26. The number of benzene rings is 3. The number of rotatable bonds is 6. The third-order valence-corrected chi connectivity index (χ3v) is 4.57. The molecule has 0 aromatic heterocycles. The molecule has 0 atom stereocenters. The summed E-state index contributed by atoms with van der Waals surface area (Å²) < 4.78 is 22.2. The minimum Gasteiger partial charge on any atom is -0.497 e. The third kappa shape index (κ3) is 3.64. The van der Waals surface area contributed by atoms with Gasteiger partial charge in [0, 0.05) is 11.1 Å². The Kier molecular flexibility index (Phi) is 5.15. The van der Waals surface area contributed by atoms with Crippen molar-refractivity contribution in [2.45, 2.75) is 5.92 Å². The standard InChI is InChI=1S/C23H20O5/c1-25-16-10-12-17(13-11-16)26-14-15-27-23(24)22-18-6-2-4-8-20(18)28-21-9-5-3-7-19(21)22/h2-13,22H,14-15H2,1H3. The molecule has 0 amide bonds. The predicted molar refractivity (Wildman–Crippen MR) is 104 cm³/mol. The largest absolute Gasteiger partial charge is 0.497 e. The molecule has 1 heterocycles. The molecule has 1 aliphatic heterocycles. The summed E-state index contributed by atoms with van der Waals surface area (Å²) in [4.78, 5) is 12.9. The molecular weight excluding hydrogens is 356 g/mol. The summed E-state index contributed by atoms with van der Waals surface area (Å²) >= 11 is 0. The number of esters is 1. The number of fused-ring (bicyclic) bond motifs is 2. The molecule has 4 rings (SSSR count). The monoisotopic (exact) mass is 376 g/mol. The van der Waals surface area contributed by atoms with E-state index in [1.165, 1.54) is 0 Å². The zero-order valence-electron chi connectivity index (χ0n) is 15.5. The maximum absolute atomic E-state index is 12.9. The second-order valence-electron chi connectivity index (χ2n) is 6.30. The Labute approximate surface area is 163 Å². The van der Waals surface area contributed by atoms with E-state index in [0.29, 0.717) is 17.2 Å². The fraction of sp³-hybridized carbons (Fsp3) is 0.174. The number of methoxy groups -OCH3 is 1. The van der Waals surface area contributed by atoms with Crippen molar-refractivity contribution in [2.75, 3.05) is 20.3 Å². The molecule has 5 heteroatoms. The SMILES string of the molecule is COc1ccc(OCCOC(=O)C2c3ccccc3Oc3ccccc32)cc1. The van der Waals surface area contributed by atoms with Crippen molar-refractivity contribution >= 4 is 5.97 Å². The summed E-state index contributed by atoms with van der Waals surface area (Å²) in [5, 5.41) is 0. The van der Waals surface area contributed by atoms with Gasteiger partial charge in [-0.15, -0.1) is 0 Å². The van der Waals surface area contributed by atoms with E-state index < -0.39 is 5.92 Å². The van der Waals surface area contributed by atoms with Crippen LogP contribution >= 0.6 is 0 Å². The minimum absolute atomic E-state index is 0.159. The van der Waals surface area contributed by atoms with Gasteiger partial charge in [0.1, 0.15) is 42.1 Å². The van der Waals surface area contributed by atoms with E-state index in [2.05, 4.69) is 0 Å². The molecule has 3 aromatic carbocycles. The summed E-state index contributed by atoms with van der Waals surface area (Å²) in [7, 11) is 1.61. The zero-order chi connectivity index (χ0) is 19.3. The van der Waals surface area contributed by atoms with Gasteiger partial charge in [-0.2, -0.15) is 0 Å². The van der Waals surface area contributed by atoms with Gasteiger partial charge in [-0.05, 0) is 36.4 Å². The van der Waals surface area contributed by atoms with Crippen LogP contribution in [0.4, 0.5) is 0 Å². The van der Waals surface area contributed by atoms with Crippen LogP contribution < -0.4 is 14.2 Å². The highest BCUT2D eigenvalue weighted by Crippen LogP contribution is 2.44. The minimum atomic E-state index is -0.512. The number of carbonyl (C=O) groups is 1. The maximum atomic E-state index is 12.9. The average molecular weight is 376 g/mol. The molecule has 0 aliphatic carbocycles. The van der Waals surface area contributed by atoms with Crippen molar-refractivity contribution in [1.82, 2.24) is 0 Å². The van der Waals surface area contributed by atoms with Crippen LogP contribution in [0, 0.1) is 0 Å². The molecule has 0 radical (unpaired) electrons. The summed E-state index contributed by atoms with van der Waals surface area (Å²) in [5.41, 5.74) is 1.62. The summed E-state index contributed by atoms with van der Waals surface area (Å²) in [6.45, 7) is 0.428. The van der Waals surface area contributed by atoms with E-state index in [1.54, 1.807) is 7.11 Å². The summed E-state index contributed by atoms with van der Waals surface area (Å²) in [5.74, 6) is 1.98. The molecule has 0 saturated carbocycles. The Bertz CT molecular complexity index is 919. The first kappa shape index (κ1) is 17.9. The number of hydrogen-bond acceptors (Lipinski definition) is 5. The van der Waals surface area contributed by atoms with Gasteiger partial charge in [0.05, 0.1) is 7.11 Å². The van der Waals surface area contributed by atoms with Crippen molar-refractivity contribution in [3.63, 3.8) is 0 Å². The first-order valence-corrected chi connectivity index (χ1v) is 9.05. The quantitative estimate of drug-likeness (QED) is 0.466. The molecule has 142 valence electrons. The van der Waals surface area contributed by atoms with Gasteiger partial charge in [0.15, 0.2) is 0 Å². The van der Waals surface area contributed by atoms with E-state index in [1.807, 2.05) is 72.8 Å².